The van der Waals surface area contributed by atoms with Crippen LogP contribution >= 0.6 is 0 Å². The van der Waals surface area contributed by atoms with E-state index in [0.717, 1.165) is 34.7 Å². The minimum Gasteiger partial charge on any atom is -0.326 e. The molecule has 0 radical (unpaired) electrons. The Labute approximate surface area is 194 Å². The Morgan fingerprint density at radius 1 is 0.939 bits per heavy atom. The smallest absolute Gasteiger partial charge is 0.257 e. The lowest BCUT2D eigenvalue weighted by Gasteiger charge is -2.13. The van der Waals surface area contributed by atoms with Crippen LogP contribution in [-0.2, 0) is 17.9 Å². The maximum absolute atomic E-state index is 12.9. The number of aryl methyl sites for hydroxylation is 3. The Kier molecular flexibility index (Phi) is 7.61. The van der Waals surface area contributed by atoms with Crippen LogP contribution in [0.15, 0.2) is 53.5 Å². The second kappa shape index (κ2) is 10.6. The van der Waals surface area contributed by atoms with Crippen molar-refractivity contribution in [2.75, 3.05) is 10.6 Å². The Balaban J connectivity index is 1.82. The maximum atomic E-state index is 12.9. The fourth-order valence-electron chi connectivity index (χ4n) is 3.40. The number of nitrogens with zero attached hydrogens (tertiary/aromatic N) is 3. The molecule has 0 unspecified atom stereocenters. The summed E-state index contributed by atoms with van der Waals surface area (Å²) in [7, 11) is 0. The largest absolute Gasteiger partial charge is 0.326 e. The van der Waals surface area contributed by atoms with Gasteiger partial charge in [0.15, 0.2) is 0 Å². The summed E-state index contributed by atoms with van der Waals surface area (Å²) in [6, 6.07) is 14.5. The van der Waals surface area contributed by atoms with Gasteiger partial charge in [-0.05, 0) is 64.1 Å². The van der Waals surface area contributed by atoms with Gasteiger partial charge in [-0.3, -0.25) is 19.6 Å². The summed E-state index contributed by atoms with van der Waals surface area (Å²) in [5.41, 5.74) is 6.06. The predicted molar refractivity (Wildman–Crippen MR) is 132 cm³/mol. The number of hydrogen-bond acceptors (Lipinski definition) is 4. The second-order valence-corrected chi connectivity index (χ2v) is 7.83. The molecule has 0 fully saturated rings. The van der Waals surface area contributed by atoms with Gasteiger partial charge in [0.25, 0.3) is 5.91 Å². The van der Waals surface area contributed by atoms with E-state index >= 15 is 0 Å². The highest BCUT2D eigenvalue weighted by molar-refractivity contribution is 6.10. The Hall–Kier alpha value is -3.94. The normalized spacial score (nSPS) is 11.2. The Morgan fingerprint density at radius 3 is 2.12 bits per heavy atom. The number of anilines is 2. The molecule has 0 aliphatic heterocycles. The molecule has 0 saturated carbocycles. The molecule has 172 valence electrons. The van der Waals surface area contributed by atoms with Gasteiger partial charge in [-0.15, -0.1) is 0 Å². The third-order valence-corrected chi connectivity index (χ3v) is 5.24. The Morgan fingerprint density at radius 2 is 1.55 bits per heavy atom. The highest BCUT2D eigenvalue weighted by Gasteiger charge is 2.13. The molecule has 8 heteroatoms. The molecule has 0 bridgehead atoms. The van der Waals surface area contributed by atoms with Gasteiger partial charge in [0.05, 0.1) is 12.2 Å². The number of amides is 2. The first-order valence-corrected chi connectivity index (χ1v) is 10.9. The van der Waals surface area contributed by atoms with Gasteiger partial charge < -0.3 is 10.6 Å². The van der Waals surface area contributed by atoms with Crippen molar-refractivity contribution in [1.82, 2.24) is 15.1 Å². The number of rotatable bonds is 6. The first-order valence-electron chi connectivity index (χ1n) is 10.9. The monoisotopic (exact) mass is 446 g/mol. The van der Waals surface area contributed by atoms with E-state index < -0.39 is 0 Å². The second-order valence-electron chi connectivity index (χ2n) is 7.83. The molecule has 2 aromatic carbocycles. The highest BCUT2D eigenvalue weighted by Crippen LogP contribution is 2.15. The van der Waals surface area contributed by atoms with E-state index in [4.69, 9.17) is 0 Å². The summed E-state index contributed by atoms with van der Waals surface area (Å²) >= 11 is 0. The molecule has 1 heterocycles. The summed E-state index contributed by atoms with van der Waals surface area (Å²) in [6.45, 7) is 10.7. The number of carbonyl (C=O) groups excluding carboxylic acids is 2. The molecular formula is C25H30N6O2. The molecule has 0 atom stereocenters. The van der Waals surface area contributed by atoms with E-state index in [-0.39, 0.29) is 11.8 Å². The van der Waals surface area contributed by atoms with E-state index in [0.29, 0.717) is 23.8 Å². The number of nitrogens with one attached hydrogen (secondary N) is 3. The van der Waals surface area contributed by atoms with Crippen LogP contribution in [0.25, 0.3) is 0 Å². The van der Waals surface area contributed by atoms with Crippen LogP contribution in [0.4, 0.5) is 11.4 Å². The quantitative estimate of drug-likeness (QED) is 0.390. The Bertz CT molecular complexity index is 1160. The van der Waals surface area contributed by atoms with Crippen molar-refractivity contribution in [1.29, 1.82) is 0 Å². The molecule has 33 heavy (non-hydrogen) atoms. The zero-order valence-electron chi connectivity index (χ0n) is 19.7. The lowest BCUT2D eigenvalue weighted by molar-refractivity contribution is -0.114. The topological polar surface area (TPSA) is 100 Å². The first-order chi connectivity index (χ1) is 15.8. The molecule has 3 aromatic rings. The number of aliphatic imine (C=N–C) groups is 1. The third kappa shape index (κ3) is 6.29. The summed E-state index contributed by atoms with van der Waals surface area (Å²) in [4.78, 5) is 28.8. The van der Waals surface area contributed by atoms with Crippen molar-refractivity contribution >= 4 is 29.1 Å². The van der Waals surface area contributed by atoms with Crippen molar-refractivity contribution in [3.8, 4) is 0 Å². The number of benzene rings is 2. The fourth-order valence-corrected chi connectivity index (χ4v) is 3.40. The van der Waals surface area contributed by atoms with Gasteiger partial charge in [0.1, 0.15) is 0 Å². The summed E-state index contributed by atoms with van der Waals surface area (Å²) in [5.74, 6) is -0.126. The van der Waals surface area contributed by atoms with E-state index in [2.05, 4.69) is 26.0 Å². The highest BCUT2D eigenvalue weighted by atomic mass is 16.2. The van der Waals surface area contributed by atoms with Crippen molar-refractivity contribution in [2.45, 2.75) is 47.7 Å². The molecule has 0 aliphatic rings. The standard InChI is InChI=1S/C25H30N6O2/c1-6-31-18(4)23(17(3)30-31)15-26-25(28-22-11-7-16(2)8-12-22)29-24(33)20-9-13-21(14-10-20)27-19(5)32/h7-14H,6,15H2,1-5H3,(H,27,32)(H2,26,28,29,33). The molecule has 0 saturated heterocycles. The molecule has 1 aromatic heterocycles. The summed E-state index contributed by atoms with van der Waals surface area (Å²) < 4.78 is 1.95. The zero-order chi connectivity index (χ0) is 24.0. The summed E-state index contributed by atoms with van der Waals surface area (Å²) in [6.07, 6.45) is 0. The minimum absolute atomic E-state index is 0.166. The average molecular weight is 447 g/mol. The van der Waals surface area contributed by atoms with Crippen LogP contribution in [-0.4, -0.2) is 27.6 Å². The van der Waals surface area contributed by atoms with Crippen LogP contribution in [0.2, 0.25) is 0 Å². The maximum Gasteiger partial charge on any atom is 0.257 e. The van der Waals surface area contributed by atoms with Crippen molar-refractivity contribution < 1.29 is 9.59 Å². The van der Waals surface area contributed by atoms with Crippen molar-refractivity contribution in [2.24, 2.45) is 4.99 Å². The number of carbonyl (C=O) groups is 2. The van der Waals surface area contributed by atoms with Crippen LogP contribution < -0.4 is 16.0 Å². The van der Waals surface area contributed by atoms with Crippen LogP contribution in [0.1, 0.15) is 46.7 Å². The molecule has 8 nitrogen and oxygen atoms in total. The molecule has 2 amide bonds. The molecular weight excluding hydrogens is 416 g/mol. The van der Waals surface area contributed by atoms with Gasteiger partial charge in [0.2, 0.25) is 11.9 Å². The molecule has 3 N–H and O–H groups in total. The van der Waals surface area contributed by atoms with Gasteiger partial charge in [-0.25, -0.2) is 4.99 Å². The number of guanidine groups is 1. The van der Waals surface area contributed by atoms with Gasteiger partial charge in [-0.1, -0.05) is 17.7 Å². The SMILES string of the molecule is CCn1nc(C)c(CN=C(NC(=O)c2ccc(NC(C)=O)cc2)Nc2ccc(C)cc2)c1C. The fraction of sp³-hybridized carbons (Fsp3) is 0.280. The number of hydrogen-bond donors (Lipinski definition) is 3. The average Bonchev–Trinajstić information content (AvgIpc) is 3.06. The zero-order valence-corrected chi connectivity index (χ0v) is 19.7. The third-order valence-electron chi connectivity index (χ3n) is 5.24. The predicted octanol–water partition coefficient (Wildman–Crippen LogP) is 4.18. The van der Waals surface area contributed by atoms with E-state index in [1.165, 1.54) is 6.92 Å². The molecule has 3 rings (SSSR count). The van der Waals surface area contributed by atoms with E-state index in [9.17, 15) is 9.59 Å². The molecule has 0 aliphatic carbocycles. The first kappa shape index (κ1) is 23.7. The summed E-state index contributed by atoms with van der Waals surface area (Å²) in [5, 5.41) is 13.3. The van der Waals surface area contributed by atoms with Crippen molar-refractivity contribution in [3.05, 3.63) is 76.6 Å². The lowest BCUT2D eigenvalue weighted by atomic mass is 10.2. The van der Waals surface area contributed by atoms with Crippen LogP contribution in [0.5, 0.6) is 0 Å². The van der Waals surface area contributed by atoms with Gasteiger partial charge in [-0.2, -0.15) is 5.10 Å². The minimum atomic E-state index is -0.305. The van der Waals surface area contributed by atoms with E-state index in [1.807, 2.05) is 56.6 Å². The number of aromatic nitrogens is 2. The van der Waals surface area contributed by atoms with Crippen molar-refractivity contribution in [3.63, 3.8) is 0 Å². The van der Waals surface area contributed by atoms with Gasteiger partial charge >= 0.3 is 0 Å². The van der Waals surface area contributed by atoms with Crippen LogP contribution in [0.3, 0.4) is 0 Å². The van der Waals surface area contributed by atoms with Gasteiger partial charge in [0, 0.05) is 41.7 Å². The molecule has 0 spiro atoms. The van der Waals surface area contributed by atoms with E-state index in [1.54, 1.807) is 24.3 Å². The lowest BCUT2D eigenvalue weighted by Crippen LogP contribution is -2.36. The van der Waals surface area contributed by atoms with Crippen LogP contribution in [0, 0.1) is 20.8 Å².